The predicted molar refractivity (Wildman–Crippen MR) is 129 cm³/mol. The first kappa shape index (κ1) is 23.3. The number of rotatable bonds is 7. The van der Waals surface area contributed by atoms with Crippen LogP contribution in [0.5, 0.6) is 5.75 Å². The lowest BCUT2D eigenvalue weighted by Gasteiger charge is -2.12. The number of hydrogen-bond acceptors (Lipinski definition) is 4. The second kappa shape index (κ2) is 11.3. The number of nitriles is 2. The van der Waals surface area contributed by atoms with E-state index < -0.39 is 5.91 Å². The van der Waals surface area contributed by atoms with Gasteiger partial charge in [-0.15, -0.1) is 0 Å². The van der Waals surface area contributed by atoms with Gasteiger partial charge in [0, 0.05) is 12.1 Å². The van der Waals surface area contributed by atoms with E-state index in [-0.39, 0.29) is 12.2 Å². The number of ether oxygens (including phenoxy) is 1. The molecule has 3 aromatic rings. The molecule has 0 aliphatic heterocycles. The Labute approximate surface area is 203 Å². The van der Waals surface area contributed by atoms with E-state index in [2.05, 4.69) is 43.2 Å². The van der Waals surface area contributed by atoms with Crippen molar-refractivity contribution in [1.82, 2.24) is 5.32 Å². The SMILES string of the molecule is N#C/C(=C/c1cc(Br)c(OCc2ccccc2C#N)c(Br)c1)C(=O)NCc1ccccc1. The van der Waals surface area contributed by atoms with Gasteiger partial charge in [0.25, 0.3) is 5.91 Å². The molecule has 0 bridgehead atoms. The predicted octanol–water partition coefficient (Wildman–Crippen LogP) is 5.89. The average Bonchev–Trinajstić information content (AvgIpc) is 2.81. The van der Waals surface area contributed by atoms with Crippen LogP contribution in [0, 0.1) is 22.7 Å². The van der Waals surface area contributed by atoms with Crippen molar-refractivity contribution in [3.05, 3.63) is 104 Å². The molecular formula is C25H17Br2N3O2. The van der Waals surface area contributed by atoms with Crippen LogP contribution in [0.4, 0.5) is 0 Å². The van der Waals surface area contributed by atoms with E-state index in [1.807, 2.05) is 48.5 Å². The first-order valence-electron chi connectivity index (χ1n) is 9.55. The minimum atomic E-state index is -0.447. The molecule has 0 unspecified atom stereocenters. The average molecular weight is 551 g/mol. The van der Waals surface area contributed by atoms with Gasteiger partial charge in [0.1, 0.15) is 24.0 Å². The highest BCUT2D eigenvalue weighted by Gasteiger charge is 2.13. The molecule has 0 fully saturated rings. The molecule has 7 heteroatoms. The van der Waals surface area contributed by atoms with Crippen molar-refractivity contribution in [3.63, 3.8) is 0 Å². The highest BCUT2D eigenvalue weighted by molar-refractivity contribution is 9.11. The summed E-state index contributed by atoms with van der Waals surface area (Å²) in [6.45, 7) is 0.560. The Hall–Kier alpha value is -3.39. The summed E-state index contributed by atoms with van der Waals surface area (Å²) in [5.41, 5.74) is 2.93. The molecule has 0 aliphatic rings. The van der Waals surface area contributed by atoms with Gasteiger partial charge in [0.05, 0.1) is 20.6 Å². The second-order valence-corrected chi connectivity index (χ2v) is 8.42. The fourth-order valence-electron chi connectivity index (χ4n) is 2.89. The van der Waals surface area contributed by atoms with Crippen LogP contribution in [0.1, 0.15) is 22.3 Å². The van der Waals surface area contributed by atoms with Gasteiger partial charge in [-0.3, -0.25) is 4.79 Å². The van der Waals surface area contributed by atoms with Crippen LogP contribution in [0.2, 0.25) is 0 Å². The molecule has 1 N–H and O–H groups in total. The van der Waals surface area contributed by atoms with Gasteiger partial charge in [0.2, 0.25) is 0 Å². The maximum Gasteiger partial charge on any atom is 0.262 e. The van der Waals surface area contributed by atoms with Crippen molar-refractivity contribution in [3.8, 4) is 17.9 Å². The fraction of sp³-hybridized carbons (Fsp3) is 0.0800. The Bertz CT molecular complexity index is 1220. The van der Waals surface area contributed by atoms with Crippen LogP contribution in [-0.4, -0.2) is 5.91 Å². The van der Waals surface area contributed by atoms with Gasteiger partial charge in [-0.25, -0.2) is 0 Å². The van der Waals surface area contributed by atoms with E-state index in [4.69, 9.17) is 4.74 Å². The zero-order chi connectivity index (χ0) is 22.9. The first-order chi connectivity index (χ1) is 15.5. The summed E-state index contributed by atoms with van der Waals surface area (Å²) in [6, 6.07) is 24.3. The largest absolute Gasteiger partial charge is 0.486 e. The topological polar surface area (TPSA) is 85.9 Å². The summed E-state index contributed by atoms with van der Waals surface area (Å²) in [6.07, 6.45) is 1.52. The van der Waals surface area contributed by atoms with Gasteiger partial charge in [-0.2, -0.15) is 10.5 Å². The smallest absolute Gasteiger partial charge is 0.262 e. The lowest BCUT2D eigenvalue weighted by atomic mass is 10.1. The zero-order valence-corrected chi connectivity index (χ0v) is 20.0. The summed E-state index contributed by atoms with van der Waals surface area (Å²) < 4.78 is 7.20. The zero-order valence-electron chi connectivity index (χ0n) is 16.8. The van der Waals surface area contributed by atoms with Crippen molar-refractivity contribution in [2.75, 3.05) is 0 Å². The monoisotopic (exact) mass is 549 g/mol. The molecule has 3 aromatic carbocycles. The van der Waals surface area contributed by atoms with Crippen molar-refractivity contribution >= 4 is 43.8 Å². The van der Waals surface area contributed by atoms with Gasteiger partial charge in [-0.05, 0) is 67.3 Å². The van der Waals surface area contributed by atoms with Crippen molar-refractivity contribution in [2.24, 2.45) is 0 Å². The summed E-state index contributed by atoms with van der Waals surface area (Å²) in [5.74, 6) is 0.110. The van der Waals surface area contributed by atoms with Gasteiger partial charge in [0.15, 0.2) is 0 Å². The molecule has 0 aliphatic carbocycles. The molecular weight excluding hydrogens is 534 g/mol. The number of benzene rings is 3. The molecule has 0 heterocycles. The van der Waals surface area contributed by atoms with Crippen molar-refractivity contribution < 1.29 is 9.53 Å². The van der Waals surface area contributed by atoms with E-state index in [1.165, 1.54) is 6.08 Å². The third-order valence-electron chi connectivity index (χ3n) is 4.50. The molecule has 158 valence electrons. The number of nitrogens with zero attached hydrogens (tertiary/aromatic N) is 2. The van der Waals surface area contributed by atoms with E-state index in [1.54, 1.807) is 24.3 Å². The van der Waals surface area contributed by atoms with Crippen LogP contribution in [0.3, 0.4) is 0 Å². The standard InChI is InChI=1S/C25H17Br2N3O2/c26-22-11-18(10-21(14-29)25(31)30-15-17-6-2-1-3-7-17)12-23(27)24(22)32-16-20-9-5-4-8-19(20)13-28/h1-12H,15-16H2,(H,30,31)/b21-10-. The minimum absolute atomic E-state index is 0.00338. The summed E-state index contributed by atoms with van der Waals surface area (Å²) >= 11 is 6.97. The molecule has 0 saturated heterocycles. The van der Waals surface area contributed by atoms with Crippen molar-refractivity contribution in [2.45, 2.75) is 13.2 Å². The fourth-order valence-corrected chi connectivity index (χ4v) is 4.35. The van der Waals surface area contributed by atoms with Gasteiger partial charge >= 0.3 is 0 Å². The van der Waals surface area contributed by atoms with Crippen molar-refractivity contribution in [1.29, 1.82) is 10.5 Å². The Morgan fingerprint density at radius 2 is 1.66 bits per heavy atom. The molecule has 0 spiro atoms. The minimum Gasteiger partial charge on any atom is -0.486 e. The van der Waals surface area contributed by atoms with Crippen LogP contribution < -0.4 is 10.1 Å². The van der Waals surface area contributed by atoms with Crippen LogP contribution in [0.25, 0.3) is 6.08 Å². The number of nitrogens with one attached hydrogen (secondary N) is 1. The Morgan fingerprint density at radius 3 is 2.31 bits per heavy atom. The summed E-state index contributed by atoms with van der Waals surface area (Å²) in [5, 5.41) is 21.4. The molecule has 3 rings (SSSR count). The van der Waals surface area contributed by atoms with E-state index in [0.29, 0.717) is 32.4 Å². The number of hydrogen-bond donors (Lipinski definition) is 1. The maximum absolute atomic E-state index is 12.4. The Morgan fingerprint density at radius 1 is 1.00 bits per heavy atom. The molecule has 0 atom stereocenters. The maximum atomic E-state index is 12.4. The highest BCUT2D eigenvalue weighted by Crippen LogP contribution is 2.36. The summed E-state index contributed by atoms with van der Waals surface area (Å²) in [7, 11) is 0. The van der Waals surface area contributed by atoms with E-state index >= 15 is 0 Å². The number of carbonyl (C=O) groups is 1. The normalized spacial score (nSPS) is 10.7. The number of amides is 1. The van der Waals surface area contributed by atoms with E-state index in [9.17, 15) is 15.3 Å². The molecule has 0 aromatic heterocycles. The third kappa shape index (κ3) is 6.07. The molecule has 0 radical (unpaired) electrons. The molecule has 0 saturated carbocycles. The van der Waals surface area contributed by atoms with Crippen LogP contribution >= 0.6 is 31.9 Å². The number of halogens is 2. The van der Waals surface area contributed by atoms with Gasteiger partial charge < -0.3 is 10.1 Å². The van der Waals surface area contributed by atoms with Crippen LogP contribution in [0.15, 0.2) is 81.2 Å². The van der Waals surface area contributed by atoms with Crippen LogP contribution in [-0.2, 0) is 17.9 Å². The molecule has 1 amide bonds. The quantitative estimate of drug-likeness (QED) is 0.294. The molecule has 32 heavy (non-hydrogen) atoms. The lowest BCUT2D eigenvalue weighted by Crippen LogP contribution is -2.23. The first-order valence-corrected chi connectivity index (χ1v) is 11.1. The Kier molecular flexibility index (Phi) is 8.21. The van der Waals surface area contributed by atoms with E-state index in [0.717, 1.165) is 11.1 Å². The number of carbonyl (C=O) groups excluding carboxylic acids is 1. The lowest BCUT2D eigenvalue weighted by molar-refractivity contribution is -0.117. The highest BCUT2D eigenvalue weighted by atomic mass is 79.9. The summed E-state index contributed by atoms with van der Waals surface area (Å²) in [4.78, 5) is 12.4. The Balaban J connectivity index is 1.74. The third-order valence-corrected chi connectivity index (χ3v) is 5.68. The molecule has 5 nitrogen and oxygen atoms in total. The second-order valence-electron chi connectivity index (χ2n) is 6.71. The van der Waals surface area contributed by atoms with Gasteiger partial charge in [-0.1, -0.05) is 48.5 Å².